The van der Waals surface area contributed by atoms with Crippen molar-refractivity contribution >= 4 is 24.5 Å². The first-order chi connectivity index (χ1) is 9.91. The molecule has 7 heteroatoms. The third kappa shape index (κ3) is 2.23. The zero-order valence-corrected chi connectivity index (χ0v) is 13.0. The molecule has 3 rings (SSSR count). The van der Waals surface area contributed by atoms with Crippen molar-refractivity contribution in [3.8, 4) is 0 Å². The molecular formula is C14H14INO5. The Kier molecular flexibility index (Phi) is 3.26. The summed E-state index contributed by atoms with van der Waals surface area (Å²) in [5.74, 6) is -0.836. The first-order valence-electron chi connectivity index (χ1n) is 6.12. The molecule has 0 bridgehead atoms. The number of halogens is 1. The van der Waals surface area contributed by atoms with Crippen molar-refractivity contribution in [3.63, 3.8) is 0 Å². The Bertz CT molecular complexity index is 704. The van der Waals surface area contributed by atoms with Gasteiger partial charge in [-0.3, -0.25) is 0 Å². The second-order valence-electron chi connectivity index (χ2n) is 4.59. The van der Waals surface area contributed by atoms with Crippen molar-refractivity contribution in [1.82, 2.24) is 3.28 Å². The molecule has 2 aromatic rings. The van der Waals surface area contributed by atoms with E-state index in [0.717, 1.165) is 0 Å². The van der Waals surface area contributed by atoms with E-state index in [0.29, 0.717) is 8.84 Å². The number of hydrogen-bond donors (Lipinski definition) is 3. The number of fused-ring (bicyclic) bond motifs is 1. The van der Waals surface area contributed by atoms with Crippen LogP contribution in [0.15, 0.2) is 54.6 Å². The van der Waals surface area contributed by atoms with Crippen LogP contribution in [0.4, 0.5) is 0 Å². The fourth-order valence-electron chi connectivity index (χ4n) is 2.11. The van der Waals surface area contributed by atoms with Gasteiger partial charge in [0.25, 0.3) is 0 Å². The van der Waals surface area contributed by atoms with Crippen molar-refractivity contribution in [2.75, 3.05) is 0 Å². The molecule has 6 nitrogen and oxygen atoms in total. The molecule has 2 aromatic carbocycles. The van der Waals surface area contributed by atoms with Crippen LogP contribution in [0.1, 0.15) is 15.9 Å². The predicted molar refractivity (Wildman–Crippen MR) is 82.8 cm³/mol. The van der Waals surface area contributed by atoms with Gasteiger partial charge in [0.1, 0.15) is 0 Å². The van der Waals surface area contributed by atoms with Gasteiger partial charge in [-0.15, -0.1) is 0 Å². The molecule has 0 amide bonds. The Morgan fingerprint density at radius 1 is 1.00 bits per heavy atom. The molecule has 1 aliphatic rings. The first-order valence-corrected chi connectivity index (χ1v) is 11.0. The summed E-state index contributed by atoms with van der Waals surface area (Å²) in [6.45, 7) is -0.163. The van der Waals surface area contributed by atoms with Gasteiger partial charge in [0, 0.05) is 0 Å². The van der Waals surface area contributed by atoms with E-state index >= 15 is 0 Å². The Balaban J connectivity index is 2.02. The summed E-state index contributed by atoms with van der Waals surface area (Å²) >= 11 is -6.02. The number of benzene rings is 2. The molecule has 3 N–H and O–H groups in total. The van der Waals surface area contributed by atoms with Crippen LogP contribution < -0.4 is 0 Å². The van der Waals surface area contributed by atoms with Crippen LogP contribution in [-0.2, 0) is 9.61 Å². The van der Waals surface area contributed by atoms with E-state index in [9.17, 15) is 16.9 Å². The van der Waals surface area contributed by atoms with Gasteiger partial charge in [0.05, 0.1) is 0 Å². The number of hydrogen-bond acceptors (Lipinski definition) is 6. The molecule has 0 saturated heterocycles. The predicted octanol–water partition coefficient (Wildman–Crippen LogP) is 2.14. The van der Waals surface area contributed by atoms with Crippen LogP contribution in [0, 0.1) is 3.57 Å². The van der Waals surface area contributed by atoms with Gasteiger partial charge in [0.2, 0.25) is 0 Å². The number of hydroxylamine groups is 1. The number of nitrogens with zero attached hydrogens (tertiary/aromatic N) is 1. The number of carbonyl (C=O) groups excluding carboxylic acids is 1. The zero-order chi connectivity index (χ0) is 15.1. The van der Waals surface area contributed by atoms with E-state index in [4.69, 9.17) is 3.07 Å². The van der Waals surface area contributed by atoms with E-state index in [2.05, 4.69) is 0 Å². The summed E-state index contributed by atoms with van der Waals surface area (Å²) < 4.78 is 26.6. The van der Waals surface area contributed by atoms with Crippen LogP contribution in [0.5, 0.6) is 0 Å². The van der Waals surface area contributed by atoms with E-state index in [1.54, 1.807) is 42.5 Å². The van der Waals surface area contributed by atoms with Crippen molar-refractivity contribution in [3.05, 3.63) is 69.3 Å². The molecule has 0 aliphatic carbocycles. The van der Waals surface area contributed by atoms with Gasteiger partial charge >= 0.3 is 124 Å². The normalized spacial score (nSPS) is 20.4. The summed E-state index contributed by atoms with van der Waals surface area (Å²) in [5.41, 5.74) is 0.733. The van der Waals surface area contributed by atoms with E-state index in [-0.39, 0.29) is 15.7 Å². The molecule has 0 atom stereocenters. The summed E-state index contributed by atoms with van der Waals surface area (Å²) in [4.78, 5) is 11.8. The van der Waals surface area contributed by atoms with E-state index in [1.165, 1.54) is 12.1 Å². The first kappa shape index (κ1) is 14.4. The summed E-state index contributed by atoms with van der Waals surface area (Å²) in [5, 5.41) is 10.2. The maximum absolute atomic E-state index is 11.8. The molecule has 0 aromatic heterocycles. The molecule has 0 radical (unpaired) electrons. The van der Waals surface area contributed by atoms with Gasteiger partial charge in [-0.1, -0.05) is 0 Å². The van der Waals surface area contributed by atoms with Gasteiger partial charge < -0.3 is 0 Å². The average molecular weight is 403 g/mol. The van der Waals surface area contributed by atoms with Crippen molar-refractivity contribution < 1.29 is 19.9 Å². The van der Waals surface area contributed by atoms with Crippen molar-refractivity contribution in [2.45, 2.75) is 6.54 Å². The van der Waals surface area contributed by atoms with Crippen LogP contribution in [0.2, 0.25) is 0 Å². The molecule has 1 aliphatic heterocycles. The van der Waals surface area contributed by atoms with Crippen LogP contribution in [0.25, 0.3) is 0 Å². The van der Waals surface area contributed by atoms with Crippen LogP contribution in [0.3, 0.4) is 0 Å². The summed E-state index contributed by atoms with van der Waals surface area (Å²) in [7, 11) is 0. The molecule has 1 heterocycles. The number of rotatable bonds is 3. The number of carbonyl (C=O) groups is 1. The standard InChI is InChI=1S/C14H14INO5/c17-14-12-8-4-5-9-13(12)15(18,19,21-14)16(20)10-11-6-2-1-3-7-11/h1-9,18-20H,10H2. The minimum atomic E-state index is -6.02. The van der Waals surface area contributed by atoms with Gasteiger partial charge in [-0.05, 0) is 0 Å². The zero-order valence-electron chi connectivity index (χ0n) is 10.9. The molecule has 0 saturated carbocycles. The van der Waals surface area contributed by atoms with Crippen LogP contribution in [-0.4, -0.2) is 21.3 Å². The van der Waals surface area contributed by atoms with E-state index < -0.39 is 24.5 Å². The topological polar surface area (TPSA) is 90.2 Å². The van der Waals surface area contributed by atoms with Crippen molar-refractivity contribution in [2.24, 2.45) is 0 Å². The monoisotopic (exact) mass is 403 g/mol. The third-order valence-corrected chi connectivity index (χ3v) is 9.70. The molecular weight excluding hydrogens is 389 g/mol. The fourth-order valence-corrected chi connectivity index (χ4v) is 7.41. The quantitative estimate of drug-likeness (QED) is 0.414. The second kappa shape index (κ2) is 4.75. The maximum atomic E-state index is 11.8. The Hall–Kier alpha value is -1.52. The second-order valence-corrected chi connectivity index (χ2v) is 11.7. The molecule has 0 spiro atoms. The Morgan fingerprint density at radius 2 is 1.62 bits per heavy atom. The van der Waals surface area contributed by atoms with Gasteiger partial charge in [-0.2, -0.15) is 0 Å². The summed E-state index contributed by atoms with van der Waals surface area (Å²) in [6, 6.07) is 14.8. The van der Waals surface area contributed by atoms with Crippen LogP contribution >= 0.6 is 18.6 Å². The minimum absolute atomic E-state index is 0.0357. The molecule has 112 valence electrons. The van der Waals surface area contributed by atoms with Gasteiger partial charge in [-0.25, -0.2) is 0 Å². The Labute approximate surface area is 123 Å². The SMILES string of the molecule is O=C1OI(O)(O)(N(O)Cc2ccccc2)c2ccccc21. The fraction of sp³-hybridized carbons (Fsp3) is 0.0714. The van der Waals surface area contributed by atoms with E-state index in [1.807, 2.05) is 0 Å². The Morgan fingerprint density at radius 3 is 2.33 bits per heavy atom. The average Bonchev–Trinajstić information content (AvgIpc) is 2.69. The van der Waals surface area contributed by atoms with Crippen molar-refractivity contribution in [1.29, 1.82) is 0 Å². The molecule has 0 unspecified atom stereocenters. The van der Waals surface area contributed by atoms with Gasteiger partial charge in [0.15, 0.2) is 0 Å². The molecule has 21 heavy (non-hydrogen) atoms. The molecule has 0 fully saturated rings. The summed E-state index contributed by atoms with van der Waals surface area (Å²) in [6.07, 6.45) is 0. The third-order valence-electron chi connectivity index (χ3n) is 3.17.